The molecule has 0 amide bonds. The molecule has 332 valence electrons. The lowest BCUT2D eigenvalue weighted by Crippen LogP contribution is -2.11. The van der Waals surface area contributed by atoms with Crippen LogP contribution in [0.25, 0.3) is 76.6 Å². The Morgan fingerprint density at radius 3 is 1.33 bits per heavy atom. The van der Waals surface area contributed by atoms with Crippen molar-refractivity contribution >= 4 is 111 Å². The average Bonchev–Trinajstić information content (AvgIpc) is 4.06. The van der Waals surface area contributed by atoms with E-state index in [1.54, 1.807) is 0 Å². The molecule has 0 aliphatic carbocycles. The summed E-state index contributed by atoms with van der Waals surface area (Å²) in [5, 5.41) is 27.9. The summed E-state index contributed by atoms with van der Waals surface area (Å²) in [5.74, 6) is 0. The summed E-state index contributed by atoms with van der Waals surface area (Å²) in [7, 11) is 0. The highest BCUT2D eigenvalue weighted by Gasteiger charge is 2.28. The molecule has 0 saturated heterocycles. The predicted octanol–water partition coefficient (Wildman–Crippen LogP) is 17.8. The van der Waals surface area contributed by atoms with Crippen LogP contribution in [0.5, 0.6) is 0 Å². The van der Waals surface area contributed by atoms with Crippen LogP contribution in [0.15, 0.2) is 183 Å². The summed E-state index contributed by atoms with van der Waals surface area (Å²) in [5.41, 5.74) is 13.1. The first kappa shape index (κ1) is 41.6. The molecule has 9 aromatic carbocycles. The van der Waals surface area contributed by atoms with Crippen molar-refractivity contribution in [3.8, 4) is 12.1 Å². The van der Waals surface area contributed by atoms with Gasteiger partial charge >= 0.3 is 0 Å². The van der Waals surface area contributed by atoms with Gasteiger partial charge in [0.15, 0.2) is 11.2 Å². The summed E-state index contributed by atoms with van der Waals surface area (Å²) < 4.78 is 21.0. The zero-order valence-corrected chi connectivity index (χ0v) is 39.2. The molecular weight excluding hydrogens is 849 g/mol. The molecule has 0 bridgehead atoms. The Kier molecular flexibility index (Phi) is 9.28. The lowest BCUT2D eigenvalue weighted by molar-refractivity contribution is 0.572. The molecule has 69 heavy (non-hydrogen) atoms. The normalized spacial score (nSPS) is 12.2. The van der Waals surface area contributed by atoms with Gasteiger partial charge in [-0.1, -0.05) is 126 Å². The minimum Gasteiger partial charge on any atom is -0.456 e. The first-order chi connectivity index (χ1) is 33.4. The van der Waals surface area contributed by atoms with E-state index in [1.807, 2.05) is 48.5 Å². The fourth-order valence-electron chi connectivity index (χ4n) is 10.3. The molecule has 12 aromatic rings. The number of anilines is 6. The van der Waals surface area contributed by atoms with Crippen molar-refractivity contribution in [3.05, 3.63) is 192 Å². The summed E-state index contributed by atoms with van der Waals surface area (Å²) in [4.78, 5) is 4.42. The molecule has 0 spiro atoms. The molecule has 0 atom stereocenters. The number of hydrogen-bond donors (Lipinski definition) is 0. The zero-order chi connectivity index (χ0) is 47.3. The van der Waals surface area contributed by atoms with Crippen molar-refractivity contribution in [1.29, 1.82) is 10.5 Å². The SMILES string of the molecule is CC(C)(C)c1cccc2c1oc1c(N(c3ccc(C#N)cc3)c3ccc4c(c3)oc3cc(N(c5ccc(C#N)cc5)c5cccc6c5oc5c(C(C)(C)C)cccc56)c5ccccc5c34)cccc12. The van der Waals surface area contributed by atoms with Gasteiger partial charge in [-0.25, -0.2) is 0 Å². The van der Waals surface area contributed by atoms with E-state index in [4.69, 9.17) is 13.3 Å². The Bertz CT molecular complexity index is 4130. The van der Waals surface area contributed by atoms with E-state index in [1.165, 1.54) is 0 Å². The molecule has 7 heteroatoms. The monoisotopic (exact) mass is 894 g/mol. The number of nitrogens with zero attached hydrogens (tertiary/aromatic N) is 4. The van der Waals surface area contributed by atoms with Gasteiger partial charge in [-0.3, -0.25) is 0 Å². The third-order valence-corrected chi connectivity index (χ3v) is 13.6. The average molecular weight is 895 g/mol. The molecule has 0 N–H and O–H groups in total. The van der Waals surface area contributed by atoms with Gasteiger partial charge in [-0.15, -0.1) is 0 Å². The maximum absolute atomic E-state index is 9.85. The lowest BCUT2D eigenvalue weighted by atomic mass is 9.86. The van der Waals surface area contributed by atoms with Crippen molar-refractivity contribution in [1.82, 2.24) is 0 Å². The van der Waals surface area contributed by atoms with Gasteiger partial charge in [0.25, 0.3) is 0 Å². The lowest BCUT2D eigenvalue weighted by Gasteiger charge is -2.27. The maximum atomic E-state index is 9.85. The highest BCUT2D eigenvalue weighted by Crippen LogP contribution is 2.50. The van der Waals surface area contributed by atoms with Crippen LogP contribution in [0.2, 0.25) is 0 Å². The van der Waals surface area contributed by atoms with E-state index in [0.29, 0.717) is 16.7 Å². The summed E-state index contributed by atoms with van der Waals surface area (Å²) in [6.45, 7) is 13.3. The van der Waals surface area contributed by atoms with Crippen LogP contribution in [0.3, 0.4) is 0 Å². The Morgan fingerprint density at radius 2 is 0.812 bits per heavy atom. The highest BCUT2D eigenvalue weighted by atomic mass is 16.3. The molecule has 0 radical (unpaired) electrons. The minimum absolute atomic E-state index is 0.132. The topological polar surface area (TPSA) is 93.5 Å². The van der Waals surface area contributed by atoms with Gasteiger partial charge in [0, 0.05) is 72.3 Å². The molecule has 3 heterocycles. The van der Waals surface area contributed by atoms with Crippen molar-refractivity contribution in [2.24, 2.45) is 0 Å². The van der Waals surface area contributed by atoms with Gasteiger partial charge in [0.2, 0.25) is 0 Å². The number of nitriles is 2. The minimum atomic E-state index is -0.140. The second kappa shape index (κ2) is 15.4. The largest absolute Gasteiger partial charge is 0.456 e. The number of furan rings is 3. The summed E-state index contributed by atoms with van der Waals surface area (Å²) in [6, 6.07) is 62.4. The van der Waals surface area contributed by atoms with Gasteiger partial charge in [0.1, 0.15) is 22.3 Å². The van der Waals surface area contributed by atoms with Crippen molar-refractivity contribution in [3.63, 3.8) is 0 Å². The second-order valence-corrected chi connectivity index (χ2v) is 20.0. The van der Waals surface area contributed by atoms with E-state index in [9.17, 15) is 10.5 Å². The van der Waals surface area contributed by atoms with E-state index in [0.717, 1.165) is 116 Å². The van der Waals surface area contributed by atoms with Crippen LogP contribution in [0.4, 0.5) is 34.1 Å². The number of para-hydroxylation sites is 4. The molecule has 12 rings (SSSR count). The van der Waals surface area contributed by atoms with Gasteiger partial charge in [-0.05, 0) is 89.0 Å². The number of benzene rings is 9. The van der Waals surface area contributed by atoms with Crippen LogP contribution in [0, 0.1) is 22.7 Å². The number of hydrogen-bond acceptors (Lipinski definition) is 7. The van der Waals surface area contributed by atoms with Crippen LogP contribution in [0.1, 0.15) is 63.8 Å². The molecule has 0 aliphatic heterocycles. The molecule has 0 fully saturated rings. The van der Waals surface area contributed by atoms with E-state index >= 15 is 0 Å². The fourth-order valence-corrected chi connectivity index (χ4v) is 10.3. The molecule has 0 unspecified atom stereocenters. The Labute approximate surface area is 399 Å². The van der Waals surface area contributed by atoms with E-state index in [2.05, 4.69) is 185 Å². The Hall–Kier alpha value is -8.78. The van der Waals surface area contributed by atoms with Crippen LogP contribution in [-0.4, -0.2) is 0 Å². The van der Waals surface area contributed by atoms with Crippen LogP contribution >= 0.6 is 0 Å². The van der Waals surface area contributed by atoms with Crippen LogP contribution in [-0.2, 0) is 10.8 Å². The van der Waals surface area contributed by atoms with Crippen LogP contribution < -0.4 is 9.80 Å². The predicted molar refractivity (Wildman–Crippen MR) is 282 cm³/mol. The second-order valence-electron chi connectivity index (χ2n) is 20.0. The van der Waals surface area contributed by atoms with Crippen molar-refractivity contribution in [2.45, 2.75) is 52.4 Å². The number of rotatable bonds is 6. The molecule has 0 saturated carbocycles. The highest BCUT2D eigenvalue weighted by molar-refractivity contribution is 6.23. The summed E-state index contributed by atoms with van der Waals surface area (Å²) >= 11 is 0. The molecule has 7 nitrogen and oxygen atoms in total. The van der Waals surface area contributed by atoms with E-state index < -0.39 is 0 Å². The van der Waals surface area contributed by atoms with E-state index in [-0.39, 0.29) is 10.8 Å². The maximum Gasteiger partial charge on any atom is 0.159 e. The molecular formula is C62H46N4O3. The third kappa shape index (κ3) is 6.61. The van der Waals surface area contributed by atoms with Gasteiger partial charge < -0.3 is 23.1 Å². The number of fused-ring (bicyclic) bond motifs is 11. The quantitative estimate of drug-likeness (QED) is 0.164. The Balaban J connectivity index is 1.09. The first-order valence-electron chi connectivity index (χ1n) is 23.3. The van der Waals surface area contributed by atoms with Gasteiger partial charge in [-0.2, -0.15) is 10.5 Å². The molecule has 3 aromatic heterocycles. The standard InChI is InChI=1S/C62H46N4O3/c1-61(2,3)49-19-9-15-44-46-17-11-21-51(59(46)68-57(44)49)65(39-27-23-37(35-63)24-28-39)41-31-32-48-54(33-41)67-55-34-53(42-13-7-8-14-43(42)56(48)55)66(40-29-25-38(36-64)26-30-40)52-22-12-18-47-45-16-10-20-50(62(4,5)6)58(45)69-60(47)52/h7-34H,1-6H3. The van der Waals surface area contributed by atoms with Crippen molar-refractivity contribution in [2.75, 3.05) is 9.80 Å². The smallest absolute Gasteiger partial charge is 0.159 e. The summed E-state index contributed by atoms with van der Waals surface area (Å²) in [6.07, 6.45) is 0. The Morgan fingerprint density at radius 1 is 0.362 bits per heavy atom. The molecule has 0 aliphatic rings. The zero-order valence-electron chi connectivity index (χ0n) is 39.2. The fraction of sp³-hybridized carbons (Fsp3) is 0.129. The first-order valence-corrected chi connectivity index (χ1v) is 23.3. The van der Waals surface area contributed by atoms with Crippen molar-refractivity contribution < 1.29 is 13.3 Å². The third-order valence-electron chi connectivity index (χ3n) is 13.6. The van der Waals surface area contributed by atoms with Gasteiger partial charge in [0.05, 0.1) is 46.0 Å².